The number of nitrogens with zero attached hydrogens (tertiary/aromatic N) is 1. The Hall–Kier alpha value is -1.36. The second-order valence-electron chi connectivity index (χ2n) is 6.42. The highest BCUT2D eigenvalue weighted by Gasteiger charge is 2.22. The Labute approximate surface area is 128 Å². The third-order valence-electron chi connectivity index (χ3n) is 4.90. The van der Waals surface area contributed by atoms with Crippen LogP contribution in [0.1, 0.15) is 81.8 Å². The zero-order chi connectivity index (χ0) is 15.1. The first-order chi connectivity index (χ1) is 10.2. The van der Waals surface area contributed by atoms with E-state index >= 15 is 0 Å². The summed E-state index contributed by atoms with van der Waals surface area (Å²) in [5.41, 5.74) is 1.24. The fourth-order valence-corrected chi connectivity index (χ4v) is 3.52. The number of halogens is 1. The maximum atomic E-state index is 13.7. The molecule has 2 heteroatoms. The first-order valence-electron chi connectivity index (χ1n) is 8.44. The molecule has 0 bridgehead atoms. The van der Waals surface area contributed by atoms with Gasteiger partial charge in [0.1, 0.15) is 11.9 Å². The highest BCUT2D eigenvalue weighted by molar-refractivity contribution is 5.34. The molecule has 114 valence electrons. The third-order valence-corrected chi connectivity index (χ3v) is 4.90. The van der Waals surface area contributed by atoms with Gasteiger partial charge < -0.3 is 0 Å². The predicted molar refractivity (Wildman–Crippen MR) is 84.6 cm³/mol. The second kappa shape index (κ2) is 8.17. The quantitative estimate of drug-likeness (QED) is 0.594. The number of benzene rings is 1. The second-order valence-corrected chi connectivity index (χ2v) is 6.42. The van der Waals surface area contributed by atoms with E-state index in [2.05, 4.69) is 6.92 Å². The van der Waals surface area contributed by atoms with Gasteiger partial charge in [-0.3, -0.25) is 0 Å². The van der Waals surface area contributed by atoms with Crippen LogP contribution in [0, 0.1) is 23.1 Å². The van der Waals surface area contributed by atoms with Crippen LogP contribution in [0.3, 0.4) is 0 Å². The minimum Gasteiger partial charge on any atom is -0.206 e. The molecular weight excluding hydrogens is 261 g/mol. The molecule has 0 spiro atoms. The van der Waals surface area contributed by atoms with Crippen molar-refractivity contribution in [3.63, 3.8) is 0 Å². The van der Waals surface area contributed by atoms with Crippen molar-refractivity contribution < 1.29 is 4.39 Å². The van der Waals surface area contributed by atoms with Gasteiger partial charge in [0.2, 0.25) is 0 Å². The van der Waals surface area contributed by atoms with Gasteiger partial charge in [-0.05, 0) is 55.2 Å². The Morgan fingerprint density at radius 3 is 2.52 bits per heavy atom. The van der Waals surface area contributed by atoms with E-state index in [0.29, 0.717) is 5.92 Å². The Bertz CT molecular complexity index is 481. The van der Waals surface area contributed by atoms with Crippen molar-refractivity contribution >= 4 is 0 Å². The van der Waals surface area contributed by atoms with Crippen molar-refractivity contribution in [1.82, 2.24) is 0 Å². The first kappa shape index (κ1) is 16.0. The molecule has 1 aliphatic carbocycles. The monoisotopic (exact) mass is 287 g/mol. The molecule has 21 heavy (non-hydrogen) atoms. The fraction of sp³-hybridized carbons (Fsp3) is 0.632. The van der Waals surface area contributed by atoms with E-state index in [1.165, 1.54) is 57.8 Å². The SMILES string of the molecule is CCCCCCC1CCC(c2ccc(C#N)c(F)c2)CC1. The van der Waals surface area contributed by atoms with Crippen LogP contribution in [0.25, 0.3) is 0 Å². The van der Waals surface area contributed by atoms with Gasteiger partial charge >= 0.3 is 0 Å². The Morgan fingerprint density at radius 1 is 1.14 bits per heavy atom. The Morgan fingerprint density at radius 2 is 1.90 bits per heavy atom. The minimum absolute atomic E-state index is 0.156. The van der Waals surface area contributed by atoms with E-state index in [1.807, 2.05) is 12.1 Å². The van der Waals surface area contributed by atoms with Crippen LogP contribution in [-0.4, -0.2) is 0 Å². The van der Waals surface area contributed by atoms with Crippen molar-refractivity contribution in [1.29, 1.82) is 5.26 Å². The number of unbranched alkanes of at least 4 members (excludes halogenated alkanes) is 3. The maximum absolute atomic E-state index is 13.7. The molecule has 0 atom stereocenters. The molecule has 0 amide bonds. The van der Waals surface area contributed by atoms with Crippen LogP contribution < -0.4 is 0 Å². The average molecular weight is 287 g/mol. The molecular formula is C19H26FN. The number of nitriles is 1. The summed E-state index contributed by atoms with van der Waals surface area (Å²) in [4.78, 5) is 0. The molecule has 0 aliphatic heterocycles. The summed E-state index contributed by atoms with van der Waals surface area (Å²) < 4.78 is 13.7. The van der Waals surface area contributed by atoms with Crippen LogP contribution in [0.2, 0.25) is 0 Å². The van der Waals surface area contributed by atoms with Gasteiger partial charge in [-0.25, -0.2) is 4.39 Å². The molecule has 0 unspecified atom stereocenters. The van der Waals surface area contributed by atoms with Gasteiger partial charge in [0, 0.05) is 0 Å². The molecule has 1 saturated carbocycles. The van der Waals surface area contributed by atoms with Crippen LogP contribution in [0.4, 0.5) is 4.39 Å². The zero-order valence-electron chi connectivity index (χ0n) is 13.1. The summed E-state index contributed by atoms with van der Waals surface area (Å²) >= 11 is 0. The highest BCUT2D eigenvalue weighted by Crippen LogP contribution is 2.38. The van der Waals surface area contributed by atoms with E-state index < -0.39 is 0 Å². The number of hydrogen-bond acceptors (Lipinski definition) is 1. The van der Waals surface area contributed by atoms with Crippen molar-refractivity contribution in [2.45, 2.75) is 70.6 Å². The normalized spacial score (nSPS) is 22.0. The smallest absolute Gasteiger partial charge is 0.141 e. The van der Waals surface area contributed by atoms with Gasteiger partial charge in [0.15, 0.2) is 0 Å². The lowest BCUT2D eigenvalue weighted by molar-refractivity contribution is 0.302. The van der Waals surface area contributed by atoms with Crippen LogP contribution in [-0.2, 0) is 0 Å². The van der Waals surface area contributed by atoms with Crippen molar-refractivity contribution in [2.24, 2.45) is 5.92 Å². The van der Waals surface area contributed by atoms with E-state index in [0.717, 1.165) is 11.5 Å². The number of hydrogen-bond donors (Lipinski definition) is 0. The lowest BCUT2D eigenvalue weighted by Gasteiger charge is -2.29. The van der Waals surface area contributed by atoms with Crippen molar-refractivity contribution in [3.8, 4) is 6.07 Å². The maximum Gasteiger partial charge on any atom is 0.141 e. The zero-order valence-corrected chi connectivity index (χ0v) is 13.1. The van der Waals surface area contributed by atoms with Gasteiger partial charge in [0.05, 0.1) is 5.56 Å². The molecule has 0 radical (unpaired) electrons. The average Bonchev–Trinajstić information content (AvgIpc) is 2.52. The molecule has 1 aliphatic rings. The minimum atomic E-state index is -0.364. The summed E-state index contributed by atoms with van der Waals surface area (Å²) in [7, 11) is 0. The molecule has 2 rings (SSSR count). The molecule has 0 saturated heterocycles. The summed E-state index contributed by atoms with van der Waals surface area (Å²) in [5, 5.41) is 8.78. The Kier molecular flexibility index (Phi) is 6.23. The highest BCUT2D eigenvalue weighted by atomic mass is 19.1. The lowest BCUT2D eigenvalue weighted by Crippen LogP contribution is -2.13. The largest absolute Gasteiger partial charge is 0.206 e. The predicted octanol–water partition coefficient (Wildman–Crippen LogP) is 5.94. The van der Waals surface area contributed by atoms with E-state index in [-0.39, 0.29) is 11.4 Å². The van der Waals surface area contributed by atoms with Crippen LogP contribution in [0.15, 0.2) is 18.2 Å². The molecule has 0 heterocycles. The third kappa shape index (κ3) is 4.56. The molecule has 1 aromatic carbocycles. The summed E-state index contributed by atoms with van der Waals surface area (Å²) in [6, 6.07) is 7.03. The lowest BCUT2D eigenvalue weighted by atomic mass is 9.77. The molecule has 1 aromatic rings. The van der Waals surface area contributed by atoms with Gasteiger partial charge in [-0.15, -0.1) is 0 Å². The summed E-state index contributed by atoms with van der Waals surface area (Å²) in [6.45, 7) is 2.25. The van der Waals surface area contributed by atoms with Gasteiger partial charge in [-0.1, -0.05) is 45.1 Å². The summed E-state index contributed by atoms with van der Waals surface area (Å²) in [6.07, 6.45) is 11.7. The van der Waals surface area contributed by atoms with Gasteiger partial charge in [0.25, 0.3) is 0 Å². The molecule has 1 nitrogen and oxygen atoms in total. The van der Waals surface area contributed by atoms with E-state index in [4.69, 9.17) is 5.26 Å². The van der Waals surface area contributed by atoms with Crippen molar-refractivity contribution in [2.75, 3.05) is 0 Å². The van der Waals surface area contributed by atoms with E-state index in [9.17, 15) is 4.39 Å². The first-order valence-corrected chi connectivity index (χ1v) is 8.44. The van der Waals surface area contributed by atoms with E-state index in [1.54, 1.807) is 12.1 Å². The molecule has 1 fully saturated rings. The van der Waals surface area contributed by atoms with Crippen LogP contribution in [0.5, 0.6) is 0 Å². The van der Waals surface area contributed by atoms with Crippen molar-refractivity contribution in [3.05, 3.63) is 35.1 Å². The molecule has 0 N–H and O–H groups in total. The molecule has 0 aromatic heterocycles. The Balaban J connectivity index is 1.81. The topological polar surface area (TPSA) is 23.8 Å². The summed E-state index contributed by atoms with van der Waals surface area (Å²) in [5.74, 6) is 0.997. The van der Waals surface area contributed by atoms with Crippen LogP contribution >= 0.6 is 0 Å². The number of rotatable bonds is 6. The fourth-order valence-electron chi connectivity index (χ4n) is 3.52. The van der Waals surface area contributed by atoms with Gasteiger partial charge in [-0.2, -0.15) is 5.26 Å². The standard InChI is InChI=1S/C19H26FN/c1-2-3-4-5-6-15-7-9-16(10-8-15)17-11-12-18(14-21)19(20)13-17/h11-13,15-16H,2-10H2,1H3.